The van der Waals surface area contributed by atoms with Gasteiger partial charge in [-0.3, -0.25) is 15.2 Å². The Labute approximate surface area is 181 Å². The number of amides is 1. The van der Waals surface area contributed by atoms with Gasteiger partial charge in [-0.15, -0.1) is 0 Å². The maximum Gasteiger partial charge on any atom is 0.239 e. The van der Waals surface area contributed by atoms with Crippen LogP contribution in [0.15, 0.2) is 24.5 Å². The molecular weight excluding hydrogens is 394 g/mol. The maximum absolute atomic E-state index is 11.6. The van der Waals surface area contributed by atoms with Crippen molar-refractivity contribution in [3.8, 4) is 11.8 Å². The van der Waals surface area contributed by atoms with E-state index in [1.807, 2.05) is 28.9 Å². The van der Waals surface area contributed by atoms with E-state index in [0.717, 1.165) is 16.8 Å². The molecule has 0 atom stereocenters. The molecule has 0 spiro atoms. The average molecular weight is 419 g/mol. The lowest BCUT2D eigenvalue weighted by atomic mass is 10.1. The first-order valence-corrected chi connectivity index (χ1v) is 10.2. The molecule has 2 aliphatic rings. The molecule has 2 aromatic heterocycles. The van der Waals surface area contributed by atoms with Gasteiger partial charge in [0.15, 0.2) is 5.96 Å². The summed E-state index contributed by atoms with van der Waals surface area (Å²) in [7, 11) is 0. The zero-order chi connectivity index (χ0) is 21.8. The van der Waals surface area contributed by atoms with Crippen LogP contribution in [0.3, 0.4) is 0 Å². The van der Waals surface area contributed by atoms with E-state index in [2.05, 4.69) is 37.0 Å². The largest absolute Gasteiger partial charge is 0.368 e. The number of aromatic nitrogens is 3. The highest BCUT2D eigenvalue weighted by molar-refractivity contribution is 5.86. The SMILES string of the molecule is Cc1nc(N)nc(N2CCN(C(=N)N3CCNC(=O)C3)CC2)c1C#Cc1cccnc1. The van der Waals surface area contributed by atoms with Gasteiger partial charge in [-0.05, 0) is 19.1 Å². The lowest BCUT2D eigenvalue weighted by Gasteiger charge is -2.40. The fraction of sp³-hybridized carbons (Fsp3) is 0.381. The summed E-state index contributed by atoms with van der Waals surface area (Å²) in [6.07, 6.45) is 3.42. The van der Waals surface area contributed by atoms with E-state index in [1.165, 1.54) is 0 Å². The van der Waals surface area contributed by atoms with Crippen molar-refractivity contribution >= 4 is 23.6 Å². The maximum atomic E-state index is 11.6. The number of nitrogens with two attached hydrogens (primary N) is 1. The number of nitrogens with one attached hydrogen (secondary N) is 2. The van der Waals surface area contributed by atoms with Gasteiger partial charge in [0, 0.05) is 57.2 Å². The molecule has 10 nitrogen and oxygen atoms in total. The fourth-order valence-electron chi connectivity index (χ4n) is 3.67. The number of anilines is 2. The molecule has 4 heterocycles. The second kappa shape index (κ2) is 8.87. The van der Waals surface area contributed by atoms with Gasteiger partial charge < -0.3 is 25.8 Å². The van der Waals surface area contributed by atoms with Crippen molar-refractivity contribution in [2.75, 3.05) is 56.4 Å². The predicted molar refractivity (Wildman–Crippen MR) is 117 cm³/mol. The van der Waals surface area contributed by atoms with Crippen LogP contribution in [0.1, 0.15) is 16.8 Å². The Kier molecular flexibility index (Phi) is 5.84. The molecule has 0 aliphatic carbocycles. The van der Waals surface area contributed by atoms with Crippen molar-refractivity contribution in [2.24, 2.45) is 0 Å². The van der Waals surface area contributed by atoms with Crippen LogP contribution in [0, 0.1) is 24.2 Å². The number of carbonyl (C=O) groups excluding carboxylic acids is 1. The molecule has 4 rings (SSSR count). The van der Waals surface area contributed by atoms with Crippen molar-refractivity contribution in [1.82, 2.24) is 30.1 Å². The summed E-state index contributed by atoms with van der Waals surface area (Å²) in [6, 6.07) is 3.75. The van der Waals surface area contributed by atoms with Gasteiger partial charge in [0.1, 0.15) is 5.82 Å². The van der Waals surface area contributed by atoms with Gasteiger partial charge in [0.25, 0.3) is 0 Å². The molecule has 4 N–H and O–H groups in total. The van der Waals surface area contributed by atoms with Crippen molar-refractivity contribution in [3.05, 3.63) is 41.3 Å². The summed E-state index contributed by atoms with van der Waals surface area (Å²) >= 11 is 0. The number of hydrogen-bond donors (Lipinski definition) is 3. The number of nitrogen functional groups attached to an aromatic ring is 1. The number of guanidine groups is 1. The normalized spacial score (nSPS) is 16.4. The monoisotopic (exact) mass is 419 g/mol. The van der Waals surface area contributed by atoms with E-state index in [9.17, 15) is 4.79 Å². The first-order valence-electron chi connectivity index (χ1n) is 10.2. The highest BCUT2D eigenvalue weighted by Gasteiger charge is 2.27. The quantitative estimate of drug-likeness (QED) is 0.325. The second-order valence-electron chi connectivity index (χ2n) is 7.43. The summed E-state index contributed by atoms with van der Waals surface area (Å²) in [5.74, 6) is 7.60. The minimum atomic E-state index is -0.0431. The van der Waals surface area contributed by atoms with Crippen LogP contribution in [-0.4, -0.2) is 82.4 Å². The molecule has 160 valence electrons. The molecule has 0 radical (unpaired) electrons. The van der Waals surface area contributed by atoms with Crippen molar-refractivity contribution in [1.29, 1.82) is 5.41 Å². The zero-order valence-corrected chi connectivity index (χ0v) is 17.4. The Morgan fingerprint density at radius 1 is 1.16 bits per heavy atom. The molecular formula is C21H25N9O. The highest BCUT2D eigenvalue weighted by Crippen LogP contribution is 2.22. The summed E-state index contributed by atoms with van der Waals surface area (Å²) in [5, 5.41) is 11.3. The van der Waals surface area contributed by atoms with Gasteiger partial charge in [-0.2, -0.15) is 4.98 Å². The molecule has 2 aromatic rings. The number of aryl methyl sites for hydroxylation is 1. The van der Waals surface area contributed by atoms with Crippen LogP contribution in [0.2, 0.25) is 0 Å². The van der Waals surface area contributed by atoms with E-state index in [-0.39, 0.29) is 18.4 Å². The van der Waals surface area contributed by atoms with Crippen molar-refractivity contribution in [3.63, 3.8) is 0 Å². The lowest BCUT2D eigenvalue weighted by molar-refractivity contribution is -0.123. The Morgan fingerprint density at radius 3 is 2.68 bits per heavy atom. The van der Waals surface area contributed by atoms with E-state index >= 15 is 0 Å². The van der Waals surface area contributed by atoms with Gasteiger partial charge in [-0.25, -0.2) is 4.98 Å². The smallest absolute Gasteiger partial charge is 0.239 e. The first-order chi connectivity index (χ1) is 15.0. The van der Waals surface area contributed by atoms with Crippen LogP contribution in [0.25, 0.3) is 0 Å². The Hall–Kier alpha value is -3.87. The van der Waals surface area contributed by atoms with Gasteiger partial charge in [0.2, 0.25) is 11.9 Å². The second-order valence-corrected chi connectivity index (χ2v) is 7.43. The highest BCUT2D eigenvalue weighted by atomic mass is 16.2. The van der Waals surface area contributed by atoms with Crippen LogP contribution < -0.4 is 16.0 Å². The Bertz CT molecular complexity index is 1040. The third-order valence-corrected chi connectivity index (χ3v) is 5.30. The molecule has 0 unspecified atom stereocenters. The summed E-state index contributed by atoms with van der Waals surface area (Å²) < 4.78 is 0. The molecule has 2 aliphatic heterocycles. The van der Waals surface area contributed by atoms with Gasteiger partial charge >= 0.3 is 0 Å². The number of carbonyl (C=O) groups is 1. The Morgan fingerprint density at radius 2 is 1.97 bits per heavy atom. The number of pyridine rings is 1. The van der Waals surface area contributed by atoms with Crippen LogP contribution in [0.5, 0.6) is 0 Å². The molecule has 2 saturated heterocycles. The molecule has 0 bridgehead atoms. The Balaban J connectivity index is 1.50. The van der Waals surface area contributed by atoms with Crippen molar-refractivity contribution in [2.45, 2.75) is 6.92 Å². The van der Waals surface area contributed by atoms with Crippen LogP contribution in [0.4, 0.5) is 11.8 Å². The third-order valence-electron chi connectivity index (χ3n) is 5.30. The van der Waals surface area contributed by atoms with E-state index < -0.39 is 0 Å². The summed E-state index contributed by atoms with van der Waals surface area (Å²) in [5.41, 5.74) is 8.22. The molecule has 2 fully saturated rings. The predicted octanol–water partition coefficient (Wildman–Crippen LogP) is -0.349. The summed E-state index contributed by atoms with van der Waals surface area (Å²) in [6.45, 7) is 5.96. The van der Waals surface area contributed by atoms with E-state index in [4.69, 9.17) is 11.1 Å². The van der Waals surface area contributed by atoms with E-state index in [1.54, 1.807) is 12.4 Å². The lowest BCUT2D eigenvalue weighted by Crippen LogP contribution is -2.58. The van der Waals surface area contributed by atoms with Crippen molar-refractivity contribution < 1.29 is 4.79 Å². The van der Waals surface area contributed by atoms with Gasteiger partial charge in [-0.1, -0.05) is 11.8 Å². The number of piperazine rings is 2. The topological polar surface area (TPSA) is 127 Å². The minimum absolute atomic E-state index is 0.0431. The fourth-order valence-corrected chi connectivity index (χ4v) is 3.67. The standard InChI is InChI=1S/C21H25N9O/c1-15-17(5-4-16-3-2-6-24-13-16)19(27-20(22)26-15)28-9-11-29(12-10-28)21(23)30-8-7-25-18(31)14-30/h2-3,6,13,23H,7-12,14H2,1H3,(H,25,31)(H2,22,26,27). The third kappa shape index (κ3) is 4.66. The zero-order valence-electron chi connectivity index (χ0n) is 17.4. The van der Waals surface area contributed by atoms with E-state index in [0.29, 0.717) is 51.0 Å². The molecule has 10 heteroatoms. The van der Waals surface area contributed by atoms with Crippen LogP contribution in [-0.2, 0) is 4.79 Å². The number of nitrogens with zero attached hydrogens (tertiary/aromatic N) is 6. The minimum Gasteiger partial charge on any atom is -0.368 e. The average Bonchev–Trinajstić information content (AvgIpc) is 2.78. The van der Waals surface area contributed by atoms with Crippen LogP contribution >= 0.6 is 0 Å². The number of rotatable bonds is 1. The molecule has 31 heavy (non-hydrogen) atoms. The first kappa shape index (κ1) is 20.4. The number of hydrogen-bond acceptors (Lipinski definition) is 7. The summed E-state index contributed by atoms with van der Waals surface area (Å²) in [4.78, 5) is 30.4. The molecule has 1 amide bonds. The molecule has 0 saturated carbocycles. The van der Waals surface area contributed by atoms with Gasteiger partial charge in [0.05, 0.1) is 17.8 Å². The molecule has 0 aromatic carbocycles.